The molecule has 38 heavy (non-hydrogen) atoms. The van der Waals surface area contributed by atoms with Crippen LogP contribution in [0.1, 0.15) is 48.2 Å². The third kappa shape index (κ3) is 10.2. The zero-order valence-corrected chi connectivity index (χ0v) is 24.8. The van der Waals surface area contributed by atoms with Crippen LogP contribution < -0.4 is 9.47 Å². The summed E-state index contributed by atoms with van der Waals surface area (Å²) in [4.78, 5) is 9.00. The average molecular weight is 638 g/mol. The van der Waals surface area contributed by atoms with E-state index in [0.29, 0.717) is 13.2 Å². The van der Waals surface area contributed by atoms with E-state index in [2.05, 4.69) is 102 Å². The Balaban J connectivity index is 1.05. The summed E-state index contributed by atoms with van der Waals surface area (Å²) >= 11 is 6.87. The maximum atomic E-state index is 5.91. The molecular formula is C32H34Br2N2O2. The van der Waals surface area contributed by atoms with E-state index in [1.54, 1.807) is 0 Å². The van der Waals surface area contributed by atoms with E-state index in [1.165, 1.54) is 11.1 Å². The normalized spacial score (nSPS) is 10.9. The predicted octanol–water partition coefficient (Wildman–Crippen LogP) is 8.59. The third-order valence-corrected chi connectivity index (χ3v) is 7.15. The van der Waals surface area contributed by atoms with Crippen molar-refractivity contribution in [1.29, 1.82) is 0 Å². The Bertz CT molecular complexity index is 1150. The van der Waals surface area contributed by atoms with Crippen molar-refractivity contribution in [2.45, 2.75) is 51.4 Å². The molecule has 0 aliphatic carbocycles. The second-order valence-electron chi connectivity index (χ2n) is 9.30. The van der Waals surface area contributed by atoms with Crippen molar-refractivity contribution in [2.75, 3.05) is 13.2 Å². The van der Waals surface area contributed by atoms with Crippen LogP contribution in [-0.2, 0) is 25.7 Å². The number of hydrogen-bond acceptors (Lipinski definition) is 4. The molecule has 4 nitrogen and oxygen atoms in total. The average Bonchev–Trinajstić information content (AvgIpc) is 2.92. The molecule has 0 atom stereocenters. The van der Waals surface area contributed by atoms with Gasteiger partial charge in [0.2, 0.25) is 0 Å². The van der Waals surface area contributed by atoms with Crippen LogP contribution in [0, 0.1) is 0 Å². The lowest BCUT2D eigenvalue weighted by Crippen LogP contribution is -2.02. The molecule has 4 rings (SSSR count). The zero-order chi connectivity index (χ0) is 26.4. The number of rotatable bonds is 15. The Morgan fingerprint density at radius 1 is 0.474 bits per heavy atom. The van der Waals surface area contributed by atoms with Crippen LogP contribution in [-0.4, -0.2) is 23.2 Å². The molecule has 198 valence electrons. The summed E-state index contributed by atoms with van der Waals surface area (Å²) in [6.07, 6.45) is 8.12. The van der Waals surface area contributed by atoms with Crippen molar-refractivity contribution in [3.8, 4) is 11.5 Å². The third-order valence-electron chi connectivity index (χ3n) is 6.27. The maximum absolute atomic E-state index is 5.91. The molecule has 2 aromatic carbocycles. The van der Waals surface area contributed by atoms with E-state index in [1.807, 2.05) is 24.3 Å². The number of benzene rings is 2. The van der Waals surface area contributed by atoms with Crippen LogP contribution in [0.25, 0.3) is 0 Å². The van der Waals surface area contributed by atoms with Gasteiger partial charge in [-0.1, -0.05) is 36.4 Å². The van der Waals surface area contributed by atoms with E-state index in [0.717, 1.165) is 83.5 Å². The number of hydrogen-bond donors (Lipinski definition) is 0. The first kappa shape index (κ1) is 28.3. The fourth-order valence-corrected chi connectivity index (χ4v) is 4.98. The highest BCUT2D eigenvalue weighted by molar-refractivity contribution is 9.10. The van der Waals surface area contributed by atoms with E-state index in [9.17, 15) is 0 Å². The first-order chi connectivity index (χ1) is 18.6. The second-order valence-corrected chi connectivity index (χ2v) is 10.9. The highest BCUT2D eigenvalue weighted by Gasteiger charge is 2.02. The van der Waals surface area contributed by atoms with E-state index in [4.69, 9.17) is 9.47 Å². The maximum Gasteiger partial charge on any atom is 0.119 e. The minimum Gasteiger partial charge on any atom is -0.494 e. The lowest BCUT2D eigenvalue weighted by Gasteiger charge is -2.09. The van der Waals surface area contributed by atoms with Gasteiger partial charge in [-0.25, -0.2) is 9.97 Å². The van der Waals surface area contributed by atoms with Crippen LogP contribution in [0.3, 0.4) is 0 Å². The summed E-state index contributed by atoms with van der Waals surface area (Å²) in [5.74, 6) is 1.85. The Morgan fingerprint density at radius 2 is 0.895 bits per heavy atom. The standard InChI is InChI=1S/C32H34Br2N2O2/c33-31-13-5-11-27(35-31)9-3-7-25-15-19-29(20-16-25)37-23-1-2-24-38-30-21-17-26(18-22-30)8-4-10-28-12-6-14-32(34)36-28/h5-6,11-22H,1-4,7-10,23-24H2. The second kappa shape index (κ2) is 15.6. The molecule has 0 bridgehead atoms. The molecule has 0 saturated heterocycles. The van der Waals surface area contributed by atoms with Gasteiger partial charge in [-0.05, 0) is 143 Å². The summed E-state index contributed by atoms with van der Waals surface area (Å²) in [5.41, 5.74) is 4.91. The number of halogens is 2. The van der Waals surface area contributed by atoms with E-state index < -0.39 is 0 Å². The molecular weight excluding hydrogens is 604 g/mol. The fourth-order valence-electron chi connectivity index (χ4n) is 4.22. The SMILES string of the molecule is Brc1cccc(CCCc2ccc(OCCCCOc3ccc(CCCc4cccc(Br)n4)cc3)cc2)n1. The summed E-state index contributed by atoms with van der Waals surface area (Å²) < 4.78 is 13.6. The van der Waals surface area contributed by atoms with Gasteiger partial charge >= 0.3 is 0 Å². The van der Waals surface area contributed by atoms with Crippen molar-refractivity contribution in [3.05, 3.63) is 117 Å². The van der Waals surface area contributed by atoms with Gasteiger partial charge in [0, 0.05) is 11.4 Å². The first-order valence-electron chi connectivity index (χ1n) is 13.3. The Labute approximate surface area is 243 Å². The lowest BCUT2D eigenvalue weighted by atomic mass is 10.1. The minimum absolute atomic E-state index is 0.697. The molecule has 4 aromatic rings. The Hall–Kier alpha value is -2.70. The molecule has 0 saturated carbocycles. The number of aromatic nitrogens is 2. The summed E-state index contributed by atoms with van der Waals surface area (Å²) in [6, 6.07) is 29.1. The molecule has 0 radical (unpaired) electrons. The first-order valence-corrected chi connectivity index (χ1v) is 14.9. The molecule has 0 unspecified atom stereocenters. The molecule has 0 aliphatic rings. The number of nitrogens with zero attached hydrogens (tertiary/aromatic N) is 2. The predicted molar refractivity (Wildman–Crippen MR) is 161 cm³/mol. The van der Waals surface area contributed by atoms with Gasteiger partial charge in [0.15, 0.2) is 0 Å². The van der Waals surface area contributed by atoms with Crippen LogP contribution in [0.4, 0.5) is 0 Å². The van der Waals surface area contributed by atoms with Crippen molar-refractivity contribution in [1.82, 2.24) is 9.97 Å². The molecule has 0 aliphatic heterocycles. The largest absolute Gasteiger partial charge is 0.494 e. The van der Waals surface area contributed by atoms with Crippen molar-refractivity contribution in [2.24, 2.45) is 0 Å². The van der Waals surface area contributed by atoms with Gasteiger partial charge in [0.25, 0.3) is 0 Å². The fraction of sp³-hybridized carbons (Fsp3) is 0.312. The molecule has 2 aromatic heterocycles. The van der Waals surface area contributed by atoms with Crippen molar-refractivity contribution < 1.29 is 9.47 Å². The summed E-state index contributed by atoms with van der Waals surface area (Å²) in [7, 11) is 0. The minimum atomic E-state index is 0.697. The van der Waals surface area contributed by atoms with Crippen LogP contribution in [0.5, 0.6) is 11.5 Å². The lowest BCUT2D eigenvalue weighted by molar-refractivity contribution is 0.266. The van der Waals surface area contributed by atoms with Crippen LogP contribution >= 0.6 is 31.9 Å². The monoisotopic (exact) mass is 636 g/mol. The number of unbranched alkanes of at least 4 members (excludes halogenated alkanes) is 1. The van der Waals surface area contributed by atoms with Crippen molar-refractivity contribution in [3.63, 3.8) is 0 Å². The molecule has 0 amide bonds. The van der Waals surface area contributed by atoms with Crippen LogP contribution in [0.2, 0.25) is 0 Å². The Morgan fingerprint density at radius 3 is 1.29 bits per heavy atom. The number of ether oxygens (including phenoxy) is 2. The van der Waals surface area contributed by atoms with Crippen LogP contribution in [0.15, 0.2) is 94.1 Å². The van der Waals surface area contributed by atoms with Gasteiger partial charge in [-0.3, -0.25) is 0 Å². The number of aryl methyl sites for hydroxylation is 4. The molecule has 0 spiro atoms. The van der Waals surface area contributed by atoms with E-state index >= 15 is 0 Å². The molecule has 6 heteroatoms. The van der Waals surface area contributed by atoms with Gasteiger partial charge in [-0.15, -0.1) is 0 Å². The molecule has 0 N–H and O–H groups in total. The molecule has 0 fully saturated rings. The van der Waals surface area contributed by atoms with Gasteiger partial charge in [0.05, 0.1) is 13.2 Å². The summed E-state index contributed by atoms with van der Waals surface area (Å²) in [6.45, 7) is 1.39. The van der Waals surface area contributed by atoms with Gasteiger partial charge in [0.1, 0.15) is 20.7 Å². The molecule has 2 heterocycles. The smallest absolute Gasteiger partial charge is 0.119 e. The van der Waals surface area contributed by atoms with E-state index in [-0.39, 0.29) is 0 Å². The Kier molecular flexibility index (Phi) is 11.7. The highest BCUT2D eigenvalue weighted by atomic mass is 79.9. The van der Waals surface area contributed by atoms with Crippen molar-refractivity contribution >= 4 is 31.9 Å². The van der Waals surface area contributed by atoms with Gasteiger partial charge in [-0.2, -0.15) is 0 Å². The zero-order valence-electron chi connectivity index (χ0n) is 21.6. The van der Waals surface area contributed by atoms with Gasteiger partial charge < -0.3 is 9.47 Å². The number of pyridine rings is 2. The highest BCUT2D eigenvalue weighted by Crippen LogP contribution is 2.17. The summed E-state index contributed by atoms with van der Waals surface area (Å²) in [5, 5.41) is 0. The quantitative estimate of drug-likeness (QED) is 0.0967. The topological polar surface area (TPSA) is 44.2 Å².